The van der Waals surface area contributed by atoms with Crippen molar-refractivity contribution in [3.63, 3.8) is 0 Å². The minimum absolute atomic E-state index is 0.0320. The molecule has 0 atom stereocenters. The molecule has 0 saturated carbocycles. The van der Waals surface area contributed by atoms with Crippen LogP contribution in [0, 0.1) is 11.6 Å². The van der Waals surface area contributed by atoms with E-state index in [4.69, 9.17) is 0 Å². The van der Waals surface area contributed by atoms with Gasteiger partial charge in [0, 0.05) is 0 Å². The normalized spacial score (nSPS) is 11.2. The highest BCUT2D eigenvalue weighted by Crippen LogP contribution is 2.31. The summed E-state index contributed by atoms with van der Waals surface area (Å²) in [5, 5.41) is 0. The van der Waals surface area contributed by atoms with E-state index in [1.54, 1.807) is 0 Å². The van der Waals surface area contributed by atoms with Crippen LogP contribution in [0.3, 0.4) is 0 Å². The van der Waals surface area contributed by atoms with E-state index in [1.807, 2.05) is 12.1 Å². The molecule has 2 aromatic heterocycles. The Balaban J connectivity index is 2.23. The topological polar surface area (TPSA) is 28.7 Å². The van der Waals surface area contributed by atoms with Crippen molar-refractivity contribution in [1.82, 2.24) is 9.97 Å². The molecule has 0 aliphatic heterocycles. The predicted octanol–water partition coefficient (Wildman–Crippen LogP) is 4.33. The fourth-order valence-electron chi connectivity index (χ4n) is 1.58. The molecule has 0 bridgehead atoms. The molecule has 0 spiro atoms. The highest BCUT2D eigenvalue weighted by atomic mass is 79.9. The second kappa shape index (κ2) is 3.89. The average molecular weight is 315 g/mol. The summed E-state index contributed by atoms with van der Waals surface area (Å²) >= 11 is 4.81. The Labute approximate surface area is 107 Å². The minimum Gasteiger partial charge on any atom is -0.337 e. The van der Waals surface area contributed by atoms with Crippen LogP contribution in [0.5, 0.6) is 0 Å². The maximum absolute atomic E-state index is 13.5. The third kappa shape index (κ3) is 1.77. The molecular weight excluding hydrogens is 310 g/mol. The number of benzene rings is 1. The molecule has 3 aromatic rings. The van der Waals surface area contributed by atoms with Crippen molar-refractivity contribution >= 4 is 38.3 Å². The number of rotatable bonds is 1. The number of H-pyrrole nitrogens is 1. The van der Waals surface area contributed by atoms with Crippen molar-refractivity contribution < 1.29 is 8.78 Å². The summed E-state index contributed by atoms with van der Waals surface area (Å²) in [5.74, 6) is -1.26. The zero-order valence-corrected chi connectivity index (χ0v) is 10.7. The molecule has 1 N–H and O–H groups in total. The fraction of sp³-hybridized carbons (Fsp3) is 0. The minimum atomic E-state index is -0.916. The van der Waals surface area contributed by atoms with Crippen molar-refractivity contribution in [3.05, 3.63) is 39.7 Å². The van der Waals surface area contributed by atoms with Gasteiger partial charge in [0.05, 0.1) is 14.2 Å². The van der Waals surface area contributed by atoms with Crippen LogP contribution in [0.1, 0.15) is 0 Å². The Bertz CT molecular complexity index is 705. The summed E-state index contributed by atoms with van der Waals surface area (Å²) in [6.07, 6.45) is 0. The highest BCUT2D eigenvalue weighted by Gasteiger charge is 2.13. The molecule has 17 heavy (non-hydrogen) atoms. The van der Waals surface area contributed by atoms with Crippen LogP contribution in [0.15, 0.2) is 28.1 Å². The molecule has 0 saturated heterocycles. The largest absolute Gasteiger partial charge is 0.337 e. The smallest absolute Gasteiger partial charge is 0.186 e. The van der Waals surface area contributed by atoms with Gasteiger partial charge in [-0.15, -0.1) is 11.3 Å². The molecule has 0 aliphatic carbocycles. The molecule has 6 heteroatoms. The number of thiophene rings is 1. The monoisotopic (exact) mass is 314 g/mol. The van der Waals surface area contributed by atoms with E-state index >= 15 is 0 Å². The van der Waals surface area contributed by atoms with Gasteiger partial charge in [0.25, 0.3) is 0 Å². The zero-order valence-electron chi connectivity index (χ0n) is 8.30. The summed E-state index contributed by atoms with van der Waals surface area (Å²) in [5.41, 5.74) is 0.521. The van der Waals surface area contributed by atoms with Crippen LogP contribution in [-0.2, 0) is 0 Å². The van der Waals surface area contributed by atoms with E-state index in [2.05, 4.69) is 25.9 Å². The lowest BCUT2D eigenvalue weighted by Gasteiger charge is -1.91. The first-order valence-corrected chi connectivity index (χ1v) is 6.35. The lowest BCUT2D eigenvalue weighted by Crippen LogP contribution is -1.84. The van der Waals surface area contributed by atoms with E-state index in [0.29, 0.717) is 11.3 Å². The number of fused-ring (bicyclic) bond motifs is 1. The second-order valence-corrected chi connectivity index (χ2v) is 5.91. The van der Waals surface area contributed by atoms with Gasteiger partial charge in [0.1, 0.15) is 11.3 Å². The number of imidazole rings is 1. The van der Waals surface area contributed by atoms with Gasteiger partial charge >= 0.3 is 0 Å². The molecule has 0 amide bonds. The Morgan fingerprint density at radius 2 is 2.00 bits per heavy atom. The van der Waals surface area contributed by atoms with E-state index in [9.17, 15) is 8.78 Å². The number of hydrogen-bond acceptors (Lipinski definition) is 2. The summed E-state index contributed by atoms with van der Waals surface area (Å²) in [6.45, 7) is 0. The summed E-state index contributed by atoms with van der Waals surface area (Å²) in [6, 6.07) is 6.31. The van der Waals surface area contributed by atoms with Gasteiger partial charge in [-0.2, -0.15) is 0 Å². The van der Waals surface area contributed by atoms with Crippen molar-refractivity contribution in [1.29, 1.82) is 0 Å². The van der Waals surface area contributed by atoms with Crippen LogP contribution >= 0.6 is 27.3 Å². The summed E-state index contributed by atoms with van der Waals surface area (Å²) < 4.78 is 27.5. The van der Waals surface area contributed by atoms with Crippen molar-refractivity contribution in [2.75, 3.05) is 0 Å². The van der Waals surface area contributed by atoms with Crippen molar-refractivity contribution in [2.45, 2.75) is 0 Å². The van der Waals surface area contributed by atoms with Crippen LogP contribution in [-0.4, -0.2) is 9.97 Å². The molecule has 0 unspecified atom stereocenters. The highest BCUT2D eigenvalue weighted by molar-refractivity contribution is 9.11. The van der Waals surface area contributed by atoms with E-state index in [-0.39, 0.29) is 5.52 Å². The molecule has 0 aliphatic rings. The zero-order chi connectivity index (χ0) is 12.0. The Morgan fingerprint density at radius 1 is 1.18 bits per heavy atom. The first kappa shape index (κ1) is 10.9. The van der Waals surface area contributed by atoms with E-state index in [0.717, 1.165) is 14.7 Å². The Hall–Kier alpha value is -1.27. The fourth-order valence-corrected chi connectivity index (χ4v) is 2.91. The van der Waals surface area contributed by atoms with Gasteiger partial charge in [-0.3, -0.25) is 0 Å². The Kier molecular flexibility index (Phi) is 2.48. The van der Waals surface area contributed by atoms with Crippen LogP contribution in [0.25, 0.3) is 21.7 Å². The lowest BCUT2D eigenvalue weighted by atomic mass is 10.3. The third-order valence-electron chi connectivity index (χ3n) is 2.35. The summed E-state index contributed by atoms with van der Waals surface area (Å²) in [7, 11) is 0. The van der Waals surface area contributed by atoms with Crippen molar-refractivity contribution in [3.8, 4) is 10.7 Å². The average Bonchev–Trinajstić information content (AvgIpc) is 2.90. The Morgan fingerprint density at radius 3 is 2.71 bits per heavy atom. The quantitative estimate of drug-likeness (QED) is 0.711. The van der Waals surface area contributed by atoms with Gasteiger partial charge in [-0.25, -0.2) is 13.8 Å². The number of hydrogen-bond donors (Lipinski definition) is 1. The first-order chi connectivity index (χ1) is 8.15. The number of nitrogens with zero attached hydrogens (tertiary/aromatic N) is 1. The summed E-state index contributed by atoms with van der Waals surface area (Å²) in [4.78, 5) is 7.91. The molecule has 0 fully saturated rings. The van der Waals surface area contributed by atoms with Crippen LogP contribution in [0.2, 0.25) is 0 Å². The molecular formula is C11H5BrF2N2S. The van der Waals surface area contributed by atoms with Gasteiger partial charge in [-0.05, 0) is 40.2 Å². The van der Waals surface area contributed by atoms with Gasteiger partial charge in [-0.1, -0.05) is 0 Å². The van der Waals surface area contributed by atoms with Crippen LogP contribution < -0.4 is 0 Å². The standard InChI is InChI=1S/C11H5BrF2N2S/c12-8-4-3-7(17-8)11-15-6-2-1-5(13)9(14)10(6)16-11/h1-4H,(H,15,16). The van der Waals surface area contributed by atoms with Gasteiger partial charge in [0.2, 0.25) is 0 Å². The third-order valence-corrected chi connectivity index (χ3v) is 3.98. The SMILES string of the molecule is Fc1ccc2[nH]c(-c3ccc(Br)s3)nc2c1F. The van der Waals surface area contributed by atoms with Crippen LogP contribution in [0.4, 0.5) is 8.78 Å². The molecule has 2 nitrogen and oxygen atoms in total. The molecule has 2 heterocycles. The number of halogens is 3. The lowest BCUT2D eigenvalue weighted by molar-refractivity contribution is 0.515. The van der Waals surface area contributed by atoms with E-state index in [1.165, 1.54) is 17.4 Å². The predicted molar refractivity (Wildman–Crippen MR) is 67.0 cm³/mol. The second-order valence-electron chi connectivity index (χ2n) is 3.45. The van der Waals surface area contributed by atoms with Gasteiger partial charge in [0.15, 0.2) is 11.6 Å². The van der Waals surface area contributed by atoms with Crippen molar-refractivity contribution in [2.24, 2.45) is 0 Å². The number of aromatic amines is 1. The maximum Gasteiger partial charge on any atom is 0.186 e. The molecule has 1 aromatic carbocycles. The molecule has 3 rings (SSSR count). The maximum atomic E-state index is 13.5. The number of aromatic nitrogens is 2. The van der Waals surface area contributed by atoms with Gasteiger partial charge < -0.3 is 4.98 Å². The molecule has 86 valence electrons. The number of nitrogens with one attached hydrogen (secondary N) is 1. The molecule has 0 radical (unpaired) electrons. The van der Waals surface area contributed by atoms with E-state index < -0.39 is 11.6 Å². The first-order valence-electron chi connectivity index (χ1n) is 4.74.